The molecule has 2 aromatic heterocycles. The number of pyridine rings is 1. The molecular weight excluding hydrogens is 239 g/mol. The third-order valence-electron chi connectivity index (χ3n) is 1.77. The third kappa shape index (κ3) is 1.13. The van der Waals surface area contributed by atoms with E-state index in [1.807, 2.05) is 23.7 Å². The molecule has 0 aliphatic carbocycles. The van der Waals surface area contributed by atoms with Gasteiger partial charge in [-0.3, -0.25) is 0 Å². The van der Waals surface area contributed by atoms with Crippen molar-refractivity contribution < 1.29 is 0 Å². The number of aromatic nitrogens is 2. The van der Waals surface area contributed by atoms with E-state index in [1.54, 1.807) is 6.20 Å². The van der Waals surface area contributed by atoms with E-state index in [0.29, 0.717) is 5.15 Å². The molecule has 0 aromatic carbocycles. The summed E-state index contributed by atoms with van der Waals surface area (Å²) in [7, 11) is 1.89. The molecule has 0 aliphatic rings. The van der Waals surface area contributed by atoms with Crippen molar-refractivity contribution in [1.29, 1.82) is 0 Å². The molecule has 2 heterocycles. The molecule has 4 heteroatoms. The maximum atomic E-state index is 5.91. The van der Waals surface area contributed by atoms with Gasteiger partial charge < -0.3 is 4.57 Å². The summed E-state index contributed by atoms with van der Waals surface area (Å²) in [5, 5.41) is 1.76. The van der Waals surface area contributed by atoms with Crippen LogP contribution >= 0.6 is 27.5 Å². The second-order valence-electron chi connectivity index (χ2n) is 2.59. The van der Waals surface area contributed by atoms with Crippen LogP contribution in [0.5, 0.6) is 0 Å². The molecule has 0 unspecified atom stereocenters. The zero-order chi connectivity index (χ0) is 8.72. The minimum atomic E-state index is 0.704. The fourth-order valence-corrected chi connectivity index (χ4v) is 1.71. The molecule has 0 bridgehead atoms. The average Bonchev–Trinajstić information content (AvgIpc) is 2.28. The van der Waals surface area contributed by atoms with E-state index in [9.17, 15) is 0 Å². The smallest absolute Gasteiger partial charge is 0.140 e. The van der Waals surface area contributed by atoms with Crippen molar-refractivity contribution in [3.8, 4) is 0 Å². The summed E-state index contributed by atoms with van der Waals surface area (Å²) in [5.41, 5.74) is 0.906. The molecule has 0 aliphatic heterocycles. The SMILES string of the molecule is Cn1c(Cl)cc2cc(Br)cnc21. The highest BCUT2D eigenvalue weighted by molar-refractivity contribution is 9.10. The fraction of sp³-hybridized carbons (Fsp3) is 0.125. The molecular formula is C8H6BrClN2. The van der Waals surface area contributed by atoms with E-state index >= 15 is 0 Å². The lowest BCUT2D eigenvalue weighted by Gasteiger charge is -1.95. The van der Waals surface area contributed by atoms with Crippen LogP contribution in [0.2, 0.25) is 5.15 Å². The zero-order valence-corrected chi connectivity index (χ0v) is 8.72. The van der Waals surface area contributed by atoms with Gasteiger partial charge in [-0.15, -0.1) is 0 Å². The fourth-order valence-electron chi connectivity index (χ4n) is 1.16. The summed E-state index contributed by atoms with van der Waals surface area (Å²) in [6, 6.07) is 3.89. The van der Waals surface area contributed by atoms with Gasteiger partial charge in [-0.25, -0.2) is 4.98 Å². The highest BCUT2D eigenvalue weighted by Crippen LogP contribution is 2.22. The highest BCUT2D eigenvalue weighted by atomic mass is 79.9. The predicted octanol–water partition coefficient (Wildman–Crippen LogP) is 2.99. The van der Waals surface area contributed by atoms with Gasteiger partial charge in [0.15, 0.2) is 0 Å². The Labute approximate surface area is 83.3 Å². The summed E-state index contributed by atoms with van der Waals surface area (Å²) in [6.45, 7) is 0. The van der Waals surface area contributed by atoms with Crippen molar-refractivity contribution in [3.05, 3.63) is 28.0 Å². The van der Waals surface area contributed by atoms with E-state index in [4.69, 9.17) is 11.6 Å². The first-order valence-corrected chi connectivity index (χ1v) is 4.62. The van der Waals surface area contributed by atoms with Crippen LogP contribution in [0.15, 0.2) is 22.8 Å². The van der Waals surface area contributed by atoms with Crippen LogP contribution in [0.25, 0.3) is 11.0 Å². The maximum absolute atomic E-state index is 5.91. The third-order valence-corrected chi connectivity index (χ3v) is 2.57. The van der Waals surface area contributed by atoms with Crippen LogP contribution in [0.3, 0.4) is 0 Å². The zero-order valence-electron chi connectivity index (χ0n) is 6.38. The Bertz CT molecular complexity index is 436. The number of rotatable bonds is 0. The van der Waals surface area contributed by atoms with E-state index in [0.717, 1.165) is 15.5 Å². The predicted molar refractivity (Wildman–Crippen MR) is 53.4 cm³/mol. The topological polar surface area (TPSA) is 17.8 Å². The van der Waals surface area contributed by atoms with E-state index in [1.165, 1.54) is 0 Å². The van der Waals surface area contributed by atoms with E-state index in [2.05, 4.69) is 20.9 Å². The molecule has 0 amide bonds. The quantitative estimate of drug-likeness (QED) is 0.698. The first kappa shape index (κ1) is 8.08. The Morgan fingerprint density at radius 2 is 2.25 bits per heavy atom. The standard InChI is InChI=1S/C8H6BrClN2/c1-12-7(10)3-5-2-6(9)4-11-8(5)12/h2-4H,1H3. The number of nitrogens with zero attached hydrogens (tertiary/aromatic N) is 2. The molecule has 0 N–H and O–H groups in total. The molecule has 0 saturated carbocycles. The van der Waals surface area contributed by atoms with Crippen LogP contribution in [-0.4, -0.2) is 9.55 Å². The Hall–Kier alpha value is -0.540. The van der Waals surface area contributed by atoms with E-state index in [-0.39, 0.29) is 0 Å². The van der Waals surface area contributed by atoms with Gasteiger partial charge in [-0.05, 0) is 28.1 Å². The number of hydrogen-bond donors (Lipinski definition) is 0. The number of halogens is 2. The molecule has 0 fully saturated rings. The maximum Gasteiger partial charge on any atom is 0.140 e. The molecule has 0 atom stereocenters. The van der Waals surface area contributed by atoms with Crippen LogP contribution in [-0.2, 0) is 7.05 Å². The van der Waals surface area contributed by atoms with Crippen LogP contribution in [0, 0.1) is 0 Å². The minimum Gasteiger partial charge on any atom is -0.320 e. The average molecular weight is 246 g/mol. The summed E-state index contributed by atoms with van der Waals surface area (Å²) >= 11 is 9.26. The van der Waals surface area contributed by atoms with Gasteiger partial charge in [0.05, 0.1) is 0 Å². The van der Waals surface area contributed by atoms with Crippen LogP contribution in [0.4, 0.5) is 0 Å². The van der Waals surface area contributed by atoms with Gasteiger partial charge in [0.2, 0.25) is 0 Å². The van der Waals surface area contributed by atoms with Gasteiger partial charge in [0, 0.05) is 23.1 Å². The molecule has 62 valence electrons. The molecule has 0 radical (unpaired) electrons. The first-order valence-electron chi connectivity index (χ1n) is 3.45. The molecule has 12 heavy (non-hydrogen) atoms. The summed E-state index contributed by atoms with van der Waals surface area (Å²) in [6.07, 6.45) is 1.76. The largest absolute Gasteiger partial charge is 0.320 e. The minimum absolute atomic E-state index is 0.704. The van der Waals surface area contributed by atoms with Crippen molar-refractivity contribution >= 4 is 38.6 Å². The highest BCUT2D eigenvalue weighted by Gasteiger charge is 2.03. The molecule has 2 aromatic rings. The van der Waals surface area contributed by atoms with Crippen molar-refractivity contribution in [2.45, 2.75) is 0 Å². The van der Waals surface area contributed by atoms with Crippen molar-refractivity contribution in [2.24, 2.45) is 7.05 Å². The van der Waals surface area contributed by atoms with Crippen molar-refractivity contribution in [2.75, 3.05) is 0 Å². The molecule has 0 spiro atoms. The Kier molecular flexibility index (Phi) is 1.85. The molecule has 2 nitrogen and oxygen atoms in total. The summed E-state index contributed by atoms with van der Waals surface area (Å²) in [4.78, 5) is 4.23. The van der Waals surface area contributed by atoms with Crippen molar-refractivity contribution in [1.82, 2.24) is 9.55 Å². The van der Waals surface area contributed by atoms with Gasteiger partial charge in [-0.2, -0.15) is 0 Å². The lowest BCUT2D eigenvalue weighted by atomic mass is 10.3. The van der Waals surface area contributed by atoms with E-state index < -0.39 is 0 Å². The molecule has 0 saturated heterocycles. The lowest BCUT2D eigenvalue weighted by Crippen LogP contribution is -1.88. The van der Waals surface area contributed by atoms with Gasteiger partial charge in [0.25, 0.3) is 0 Å². The Balaban J connectivity index is 2.87. The molecule has 2 rings (SSSR count). The van der Waals surface area contributed by atoms with Crippen LogP contribution in [0.1, 0.15) is 0 Å². The Morgan fingerprint density at radius 1 is 1.50 bits per heavy atom. The number of fused-ring (bicyclic) bond motifs is 1. The summed E-state index contributed by atoms with van der Waals surface area (Å²) in [5.74, 6) is 0. The summed E-state index contributed by atoms with van der Waals surface area (Å²) < 4.78 is 2.82. The Morgan fingerprint density at radius 3 is 3.00 bits per heavy atom. The lowest BCUT2D eigenvalue weighted by molar-refractivity contribution is 0.949. The van der Waals surface area contributed by atoms with Gasteiger partial charge >= 0.3 is 0 Å². The normalized spacial score (nSPS) is 10.9. The number of aryl methyl sites for hydroxylation is 1. The number of hydrogen-bond acceptors (Lipinski definition) is 1. The van der Waals surface area contributed by atoms with Crippen LogP contribution < -0.4 is 0 Å². The van der Waals surface area contributed by atoms with Crippen molar-refractivity contribution in [3.63, 3.8) is 0 Å². The van der Waals surface area contributed by atoms with Gasteiger partial charge in [-0.1, -0.05) is 11.6 Å². The first-order chi connectivity index (χ1) is 5.68. The van der Waals surface area contributed by atoms with Gasteiger partial charge in [0.1, 0.15) is 10.8 Å². The monoisotopic (exact) mass is 244 g/mol. The second kappa shape index (κ2) is 2.75. The second-order valence-corrected chi connectivity index (χ2v) is 3.90.